The summed E-state index contributed by atoms with van der Waals surface area (Å²) in [6, 6.07) is 11.9. The largest absolute Gasteiger partial charge is 0.340 e. The van der Waals surface area contributed by atoms with Crippen molar-refractivity contribution in [1.29, 1.82) is 0 Å². The Morgan fingerprint density at radius 1 is 1.04 bits per heavy atom. The van der Waals surface area contributed by atoms with Crippen LogP contribution in [0.2, 0.25) is 0 Å². The van der Waals surface area contributed by atoms with Gasteiger partial charge in [0.2, 0.25) is 5.91 Å². The summed E-state index contributed by atoms with van der Waals surface area (Å²) in [6.45, 7) is 1.79. The van der Waals surface area contributed by atoms with Gasteiger partial charge in [-0.15, -0.1) is 0 Å². The fourth-order valence-electron chi connectivity index (χ4n) is 2.39. The quantitative estimate of drug-likeness (QED) is 0.715. The number of amides is 1. The highest BCUT2D eigenvalue weighted by Gasteiger charge is 2.11. The monoisotopic (exact) mass is 370 g/mol. The number of benzene rings is 2. The maximum atomic E-state index is 11.8. The molecule has 3 rings (SSSR count). The predicted octanol–water partition coefficient (Wildman–Crippen LogP) is 3.13. The van der Waals surface area contributed by atoms with E-state index in [4.69, 9.17) is 0 Å². The SMILES string of the molecule is CCC(=O)Nc1ccc(Nc2ncnc3ccc(S(C)(=O)=O)cc23)cc1. The Morgan fingerprint density at radius 3 is 2.38 bits per heavy atom. The van der Waals surface area contributed by atoms with Gasteiger partial charge in [-0.05, 0) is 42.5 Å². The van der Waals surface area contributed by atoms with Gasteiger partial charge in [-0.3, -0.25) is 4.79 Å². The average Bonchev–Trinajstić information content (AvgIpc) is 2.62. The number of carbonyl (C=O) groups excluding carboxylic acids is 1. The van der Waals surface area contributed by atoms with Crippen LogP contribution in [0.3, 0.4) is 0 Å². The van der Waals surface area contributed by atoms with Crippen LogP contribution in [0.25, 0.3) is 10.9 Å². The molecule has 2 aromatic carbocycles. The molecule has 0 bridgehead atoms. The predicted molar refractivity (Wildman–Crippen MR) is 101 cm³/mol. The number of hydrogen-bond acceptors (Lipinski definition) is 6. The Hall–Kier alpha value is -3.00. The van der Waals surface area contributed by atoms with Crippen molar-refractivity contribution < 1.29 is 13.2 Å². The first-order valence-corrected chi connectivity index (χ1v) is 9.87. The second-order valence-electron chi connectivity index (χ2n) is 5.78. The van der Waals surface area contributed by atoms with E-state index < -0.39 is 9.84 Å². The van der Waals surface area contributed by atoms with Gasteiger partial charge in [-0.1, -0.05) is 6.92 Å². The summed E-state index contributed by atoms with van der Waals surface area (Å²) in [4.78, 5) is 20.0. The fraction of sp³-hybridized carbons (Fsp3) is 0.167. The van der Waals surface area contributed by atoms with Crippen molar-refractivity contribution in [3.63, 3.8) is 0 Å². The van der Waals surface area contributed by atoms with Gasteiger partial charge in [0, 0.05) is 29.4 Å². The molecule has 1 heterocycles. The smallest absolute Gasteiger partial charge is 0.224 e. The summed E-state index contributed by atoms with van der Waals surface area (Å²) in [5.41, 5.74) is 2.10. The molecular formula is C18H18N4O3S. The summed E-state index contributed by atoms with van der Waals surface area (Å²) >= 11 is 0. The Labute approximate surface area is 151 Å². The van der Waals surface area contributed by atoms with Gasteiger partial charge in [0.05, 0.1) is 10.4 Å². The van der Waals surface area contributed by atoms with Crippen molar-refractivity contribution in [3.05, 3.63) is 48.8 Å². The number of rotatable bonds is 5. The number of aromatic nitrogens is 2. The zero-order valence-electron chi connectivity index (χ0n) is 14.4. The number of hydrogen-bond donors (Lipinski definition) is 2. The second kappa shape index (κ2) is 7.09. The van der Waals surface area contributed by atoms with E-state index in [2.05, 4.69) is 20.6 Å². The molecule has 0 atom stereocenters. The normalized spacial score (nSPS) is 11.3. The molecule has 0 aliphatic rings. The minimum atomic E-state index is -3.33. The number of fused-ring (bicyclic) bond motifs is 1. The highest BCUT2D eigenvalue weighted by molar-refractivity contribution is 7.90. The van der Waals surface area contributed by atoms with Crippen molar-refractivity contribution in [1.82, 2.24) is 9.97 Å². The van der Waals surface area contributed by atoms with E-state index in [1.165, 1.54) is 12.4 Å². The summed E-state index contributed by atoms with van der Waals surface area (Å²) in [5.74, 6) is 0.451. The zero-order valence-corrected chi connectivity index (χ0v) is 15.2. The fourth-order valence-corrected chi connectivity index (χ4v) is 3.04. The van der Waals surface area contributed by atoms with Crippen LogP contribution in [0.15, 0.2) is 53.7 Å². The Kier molecular flexibility index (Phi) is 4.85. The molecule has 0 saturated carbocycles. The molecule has 0 fully saturated rings. The molecule has 8 heteroatoms. The molecule has 134 valence electrons. The molecule has 1 amide bonds. The van der Waals surface area contributed by atoms with Gasteiger partial charge < -0.3 is 10.6 Å². The van der Waals surface area contributed by atoms with E-state index in [9.17, 15) is 13.2 Å². The summed E-state index contributed by atoms with van der Waals surface area (Å²) in [6.07, 6.45) is 2.99. The molecule has 0 aliphatic carbocycles. The maximum absolute atomic E-state index is 11.8. The van der Waals surface area contributed by atoms with Crippen molar-refractivity contribution in [2.24, 2.45) is 0 Å². The van der Waals surface area contributed by atoms with Crippen molar-refractivity contribution in [2.45, 2.75) is 18.2 Å². The van der Waals surface area contributed by atoms with Crippen LogP contribution in [-0.4, -0.2) is 30.5 Å². The van der Waals surface area contributed by atoms with Crippen LogP contribution >= 0.6 is 0 Å². The summed E-state index contributed by atoms with van der Waals surface area (Å²) in [5, 5.41) is 6.55. The molecule has 26 heavy (non-hydrogen) atoms. The van der Waals surface area contributed by atoms with E-state index >= 15 is 0 Å². The molecule has 1 aromatic heterocycles. The van der Waals surface area contributed by atoms with Crippen LogP contribution in [0.5, 0.6) is 0 Å². The first kappa shape index (κ1) is 17.8. The topological polar surface area (TPSA) is 101 Å². The molecule has 7 nitrogen and oxygen atoms in total. The Morgan fingerprint density at radius 2 is 1.73 bits per heavy atom. The first-order valence-electron chi connectivity index (χ1n) is 7.98. The van der Waals surface area contributed by atoms with Crippen LogP contribution < -0.4 is 10.6 Å². The van der Waals surface area contributed by atoms with Crippen molar-refractivity contribution >= 4 is 43.8 Å². The van der Waals surface area contributed by atoms with E-state index in [-0.39, 0.29) is 10.8 Å². The highest BCUT2D eigenvalue weighted by atomic mass is 32.2. The van der Waals surface area contributed by atoms with Crippen molar-refractivity contribution in [3.8, 4) is 0 Å². The number of nitrogens with one attached hydrogen (secondary N) is 2. The lowest BCUT2D eigenvalue weighted by Crippen LogP contribution is -2.09. The third kappa shape index (κ3) is 3.97. The third-order valence-electron chi connectivity index (χ3n) is 3.79. The van der Waals surface area contributed by atoms with Crippen LogP contribution in [-0.2, 0) is 14.6 Å². The minimum absolute atomic E-state index is 0.0548. The van der Waals surface area contributed by atoms with Gasteiger partial charge in [-0.25, -0.2) is 18.4 Å². The molecule has 2 N–H and O–H groups in total. The van der Waals surface area contributed by atoms with Crippen LogP contribution in [0.1, 0.15) is 13.3 Å². The van der Waals surface area contributed by atoms with Crippen LogP contribution in [0, 0.1) is 0 Å². The highest BCUT2D eigenvalue weighted by Crippen LogP contribution is 2.26. The van der Waals surface area contributed by atoms with E-state index in [0.717, 1.165) is 11.9 Å². The lowest BCUT2D eigenvalue weighted by Gasteiger charge is -2.10. The summed E-state index contributed by atoms with van der Waals surface area (Å²) in [7, 11) is -3.33. The van der Waals surface area contributed by atoms with Crippen LogP contribution in [0.4, 0.5) is 17.2 Å². The van der Waals surface area contributed by atoms with Gasteiger partial charge in [0.15, 0.2) is 9.84 Å². The zero-order chi connectivity index (χ0) is 18.7. The molecule has 0 saturated heterocycles. The van der Waals surface area contributed by atoms with Gasteiger partial charge >= 0.3 is 0 Å². The molecule has 0 unspecified atom stereocenters. The standard InChI is InChI=1S/C18H18N4O3S/c1-3-17(23)21-12-4-6-13(7-5-12)22-18-15-10-14(26(2,24)25)8-9-16(15)19-11-20-18/h4-11H,3H2,1-2H3,(H,21,23)(H,19,20,22). The maximum Gasteiger partial charge on any atom is 0.224 e. The average molecular weight is 370 g/mol. The molecule has 0 aliphatic heterocycles. The second-order valence-corrected chi connectivity index (χ2v) is 7.79. The van der Waals surface area contributed by atoms with Crippen molar-refractivity contribution in [2.75, 3.05) is 16.9 Å². The summed E-state index contributed by atoms with van der Waals surface area (Å²) < 4.78 is 23.6. The van der Waals surface area contributed by atoms with E-state index in [0.29, 0.717) is 28.8 Å². The Bertz CT molecular complexity index is 1060. The molecular weight excluding hydrogens is 352 g/mol. The lowest BCUT2D eigenvalue weighted by molar-refractivity contribution is -0.115. The molecule has 3 aromatic rings. The number of carbonyl (C=O) groups is 1. The van der Waals surface area contributed by atoms with Gasteiger partial charge in [0.1, 0.15) is 12.1 Å². The number of sulfone groups is 1. The van der Waals surface area contributed by atoms with E-state index in [1.807, 2.05) is 0 Å². The molecule has 0 radical (unpaired) electrons. The minimum Gasteiger partial charge on any atom is -0.340 e. The number of anilines is 3. The first-order chi connectivity index (χ1) is 12.4. The number of nitrogens with zero attached hydrogens (tertiary/aromatic N) is 2. The molecule has 0 spiro atoms. The lowest BCUT2D eigenvalue weighted by atomic mass is 10.2. The van der Waals surface area contributed by atoms with E-state index in [1.54, 1.807) is 43.3 Å². The Balaban J connectivity index is 1.92. The van der Waals surface area contributed by atoms with Gasteiger partial charge in [0.25, 0.3) is 0 Å². The third-order valence-corrected chi connectivity index (χ3v) is 4.90. The van der Waals surface area contributed by atoms with Gasteiger partial charge in [-0.2, -0.15) is 0 Å².